The van der Waals surface area contributed by atoms with Crippen molar-refractivity contribution in [2.45, 2.75) is 33.2 Å². The Morgan fingerprint density at radius 3 is 2.60 bits per heavy atom. The van der Waals surface area contributed by atoms with Gasteiger partial charge in [-0.05, 0) is 37.6 Å². The molecular formula is C23H27N4O3+. The number of nitrogens with one attached hydrogen (secondary N) is 3. The van der Waals surface area contributed by atoms with Gasteiger partial charge in [-0.1, -0.05) is 37.6 Å². The van der Waals surface area contributed by atoms with Gasteiger partial charge in [-0.15, -0.1) is 0 Å². The number of carbonyl (C=O) groups is 2. The van der Waals surface area contributed by atoms with Crippen molar-refractivity contribution in [3.05, 3.63) is 70.3 Å². The van der Waals surface area contributed by atoms with Gasteiger partial charge in [-0.25, -0.2) is 4.98 Å². The zero-order valence-electron chi connectivity index (χ0n) is 17.3. The van der Waals surface area contributed by atoms with Crippen molar-refractivity contribution in [3.8, 4) is 0 Å². The number of hydrogen-bond acceptors (Lipinski definition) is 4. The van der Waals surface area contributed by atoms with Crippen LogP contribution in [0.2, 0.25) is 0 Å². The number of anilines is 1. The van der Waals surface area contributed by atoms with Gasteiger partial charge in [-0.2, -0.15) is 0 Å². The van der Waals surface area contributed by atoms with Gasteiger partial charge in [0, 0.05) is 5.56 Å². The zero-order chi connectivity index (χ0) is 21.5. The molecule has 3 rings (SSSR count). The molecule has 1 amide bonds. The van der Waals surface area contributed by atoms with Crippen molar-refractivity contribution in [3.63, 3.8) is 0 Å². The van der Waals surface area contributed by atoms with Gasteiger partial charge >= 0.3 is 0 Å². The molecule has 7 nitrogen and oxygen atoms in total. The second kappa shape index (κ2) is 9.93. The quantitative estimate of drug-likeness (QED) is 0.473. The SMILES string of the molecule is CCCC[NH+](CC(=O)Nc1ccccc1C(C)=O)Cc1nc2ccccc2c(=O)[nH]1. The molecule has 0 aliphatic heterocycles. The highest BCUT2D eigenvalue weighted by molar-refractivity contribution is 6.03. The summed E-state index contributed by atoms with van der Waals surface area (Å²) in [5.41, 5.74) is 1.47. The lowest BCUT2D eigenvalue weighted by molar-refractivity contribution is -0.906. The van der Waals surface area contributed by atoms with Crippen LogP contribution in [0.15, 0.2) is 53.3 Å². The molecule has 0 fully saturated rings. The topological polar surface area (TPSA) is 96.4 Å². The number of ketones is 1. The minimum Gasteiger partial charge on any atom is -0.321 e. The van der Waals surface area contributed by atoms with Gasteiger partial charge in [0.2, 0.25) is 0 Å². The number of amides is 1. The van der Waals surface area contributed by atoms with Crippen LogP contribution in [0.4, 0.5) is 5.69 Å². The third-order valence-corrected chi connectivity index (χ3v) is 4.95. The minimum atomic E-state index is -0.182. The Labute approximate surface area is 175 Å². The first-order chi connectivity index (χ1) is 14.5. The van der Waals surface area contributed by atoms with E-state index >= 15 is 0 Å². The maximum Gasteiger partial charge on any atom is 0.279 e. The Morgan fingerprint density at radius 1 is 1.10 bits per heavy atom. The number of hydrogen-bond donors (Lipinski definition) is 3. The number of carbonyl (C=O) groups excluding carboxylic acids is 2. The largest absolute Gasteiger partial charge is 0.321 e. The number of quaternary nitrogens is 1. The number of H-pyrrole nitrogens is 1. The van der Waals surface area contributed by atoms with Gasteiger partial charge < -0.3 is 15.2 Å². The molecule has 1 heterocycles. The number of Topliss-reactive ketones (excluding diaryl/α,β-unsaturated/α-hetero) is 1. The van der Waals surface area contributed by atoms with Gasteiger partial charge in [0.1, 0.15) is 6.54 Å². The van der Waals surface area contributed by atoms with Gasteiger partial charge in [-0.3, -0.25) is 14.4 Å². The summed E-state index contributed by atoms with van der Waals surface area (Å²) < 4.78 is 0. The molecule has 0 radical (unpaired) electrons. The lowest BCUT2D eigenvalue weighted by Crippen LogP contribution is -3.12. The number of rotatable bonds is 9. The Morgan fingerprint density at radius 2 is 1.83 bits per heavy atom. The van der Waals surface area contributed by atoms with Gasteiger partial charge in [0.05, 0.1) is 23.1 Å². The van der Waals surface area contributed by atoms with Crippen LogP contribution >= 0.6 is 0 Å². The number of nitrogens with zero attached hydrogens (tertiary/aromatic N) is 1. The second-order valence-corrected chi connectivity index (χ2v) is 7.39. The second-order valence-electron chi connectivity index (χ2n) is 7.39. The van der Waals surface area contributed by atoms with Crippen LogP contribution in [0.5, 0.6) is 0 Å². The van der Waals surface area contributed by atoms with E-state index < -0.39 is 0 Å². The molecule has 30 heavy (non-hydrogen) atoms. The number of benzene rings is 2. The summed E-state index contributed by atoms with van der Waals surface area (Å²) in [5.74, 6) is 0.277. The van der Waals surface area contributed by atoms with Crippen molar-refractivity contribution in [1.29, 1.82) is 0 Å². The van der Waals surface area contributed by atoms with E-state index in [1.54, 1.807) is 36.4 Å². The first kappa shape index (κ1) is 21.4. The molecule has 2 aromatic carbocycles. The average Bonchev–Trinajstić information content (AvgIpc) is 2.72. The van der Waals surface area contributed by atoms with Crippen molar-refractivity contribution >= 4 is 28.3 Å². The van der Waals surface area contributed by atoms with E-state index in [0.717, 1.165) is 24.3 Å². The highest BCUT2D eigenvalue weighted by atomic mass is 16.2. The van der Waals surface area contributed by atoms with E-state index in [-0.39, 0.29) is 23.8 Å². The summed E-state index contributed by atoms with van der Waals surface area (Å²) in [5, 5.41) is 3.40. The minimum absolute atomic E-state index is 0.0981. The number of fused-ring (bicyclic) bond motifs is 1. The molecule has 0 saturated carbocycles. The van der Waals surface area contributed by atoms with Gasteiger partial charge in [0.25, 0.3) is 11.5 Å². The molecule has 0 aliphatic rings. The third-order valence-electron chi connectivity index (χ3n) is 4.95. The summed E-state index contributed by atoms with van der Waals surface area (Å²) in [7, 11) is 0. The first-order valence-electron chi connectivity index (χ1n) is 10.2. The van der Waals surface area contributed by atoms with Crippen LogP contribution in [-0.4, -0.2) is 34.7 Å². The predicted octanol–water partition coefficient (Wildman–Crippen LogP) is 1.95. The summed E-state index contributed by atoms with van der Waals surface area (Å²) in [6, 6.07) is 14.2. The fraction of sp³-hybridized carbons (Fsp3) is 0.304. The number of aromatic nitrogens is 2. The monoisotopic (exact) mass is 407 g/mol. The highest BCUT2D eigenvalue weighted by Crippen LogP contribution is 2.15. The lowest BCUT2D eigenvalue weighted by atomic mass is 10.1. The summed E-state index contributed by atoms with van der Waals surface area (Å²) in [6.07, 6.45) is 1.95. The zero-order valence-corrected chi connectivity index (χ0v) is 17.3. The lowest BCUT2D eigenvalue weighted by Gasteiger charge is -2.19. The Bertz CT molecular complexity index is 1110. The molecule has 7 heteroatoms. The Kier molecular flexibility index (Phi) is 7.08. The van der Waals surface area contributed by atoms with Crippen LogP contribution in [0.1, 0.15) is 42.9 Å². The number of unbranched alkanes of at least 4 members (excludes halogenated alkanes) is 1. The van der Waals surface area contributed by atoms with Crippen molar-refractivity contribution in [2.75, 3.05) is 18.4 Å². The first-order valence-corrected chi connectivity index (χ1v) is 10.2. The van der Waals surface area contributed by atoms with E-state index in [4.69, 9.17) is 0 Å². The fourth-order valence-corrected chi connectivity index (χ4v) is 3.44. The highest BCUT2D eigenvalue weighted by Gasteiger charge is 2.18. The van der Waals surface area contributed by atoms with Crippen molar-refractivity contribution < 1.29 is 14.5 Å². The molecule has 0 saturated heterocycles. The standard InChI is InChI=1S/C23H26N4O3/c1-3-4-13-27(14-21-24-20-12-8-6-10-18(20)23(30)26-21)15-22(29)25-19-11-7-5-9-17(19)16(2)28/h5-12H,3-4,13-15H2,1-2H3,(H,25,29)(H,24,26,30)/p+1. The van der Waals surface area contributed by atoms with E-state index in [2.05, 4.69) is 22.2 Å². The molecular weight excluding hydrogens is 380 g/mol. The number of aromatic amines is 1. The molecule has 0 aliphatic carbocycles. The van der Waals surface area contributed by atoms with Crippen LogP contribution in [0.3, 0.4) is 0 Å². The number of para-hydroxylation sites is 2. The van der Waals surface area contributed by atoms with E-state index in [0.29, 0.717) is 34.5 Å². The maximum atomic E-state index is 12.7. The Hall–Kier alpha value is -3.32. The predicted molar refractivity (Wildman–Crippen MR) is 117 cm³/mol. The molecule has 1 atom stereocenters. The summed E-state index contributed by atoms with van der Waals surface area (Å²) in [6.45, 7) is 4.99. The third kappa shape index (κ3) is 5.39. The van der Waals surface area contributed by atoms with Crippen molar-refractivity contribution in [1.82, 2.24) is 9.97 Å². The van der Waals surface area contributed by atoms with E-state index in [9.17, 15) is 14.4 Å². The molecule has 0 bridgehead atoms. The van der Waals surface area contributed by atoms with Gasteiger partial charge in [0.15, 0.2) is 18.2 Å². The summed E-state index contributed by atoms with van der Waals surface area (Å²) >= 11 is 0. The van der Waals surface area contributed by atoms with E-state index in [1.807, 2.05) is 12.1 Å². The van der Waals surface area contributed by atoms with Crippen LogP contribution in [0, 0.1) is 0 Å². The molecule has 156 valence electrons. The van der Waals surface area contributed by atoms with Crippen molar-refractivity contribution in [2.24, 2.45) is 0 Å². The van der Waals surface area contributed by atoms with Crippen LogP contribution < -0.4 is 15.8 Å². The van der Waals surface area contributed by atoms with Crippen LogP contribution in [-0.2, 0) is 11.3 Å². The maximum absolute atomic E-state index is 12.7. The Balaban J connectivity index is 1.75. The molecule has 0 spiro atoms. The molecule has 1 unspecified atom stereocenters. The fourth-order valence-electron chi connectivity index (χ4n) is 3.44. The summed E-state index contributed by atoms with van der Waals surface area (Å²) in [4.78, 5) is 45.2. The molecule has 1 aromatic heterocycles. The smallest absolute Gasteiger partial charge is 0.279 e. The normalized spacial score (nSPS) is 11.9. The van der Waals surface area contributed by atoms with E-state index in [1.165, 1.54) is 6.92 Å². The molecule has 3 aromatic rings. The molecule has 3 N–H and O–H groups in total. The van der Waals surface area contributed by atoms with Crippen LogP contribution in [0.25, 0.3) is 10.9 Å². The average molecular weight is 407 g/mol.